The van der Waals surface area contributed by atoms with E-state index in [-0.39, 0.29) is 17.5 Å². The molecule has 0 spiro atoms. The van der Waals surface area contributed by atoms with Crippen LogP contribution in [-0.2, 0) is 9.53 Å². The molecule has 0 atom stereocenters. The predicted molar refractivity (Wildman–Crippen MR) is 110 cm³/mol. The largest absolute Gasteiger partial charge is 0.379 e. The molecule has 2 fully saturated rings. The lowest BCUT2D eigenvalue weighted by molar-refractivity contribution is -0.121. The molecule has 0 bridgehead atoms. The molecule has 3 N–H and O–H groups in total. The van der Waals surface area contributed by atoms with Crippen molar-refractivity contribution in [3.8, 4) is 0 Å². The first-order valence-corrected chi connectivity index (χ1v) is 10.7. The average molecular weight is 382 g/mol. The van der Waals surface area contributed by atoms with Crippen molar-refractivity contribution in [3.05, 3.63) is 0 Å². The molecule has 1 saturated heterocycles. The third-order valence-electron chi connectivity index (χ3n) is 5.44. The smallest absolute Gasteiger partial charge is 0.221 e. The minimum atomic E-state index is 0.0745. The molecule has 27 heavy (non-hydrogen) atoms. The Balaban J connectivity index is 1.94. The summed E-state index contributed by atoms with van der Waals surface area (Å²) >= 11 is 0. The first-order valence-electron chi connectivity index (χ1n) is 10.7. The number of nitrogens with one attached hydrogen (secondary N) is 3. The average Bonchev–Trinajstić information content (AvgIpc) is 2.67. The van der Waals surface area contributed by atoms with Crippen LogP contribution in [0.5, 0.6) is 0 Å². The Morgan fingerprint density at radius 3 is 2.48 bits per heavy atom. The summed E-state index contributed by atoms with van der Waals surface area (Å²) in [5.74, 6) is 0.887. The molecule has 0 aromatic carbocycles. The first kappa shape index (κ1) is 22.0. The van der Waals surface area contributed by atoms with Crippen LogP contribution in [0.1, 0.15) is 59.3 Å². The van der Waals surface area contributed by atoms with E-state index in [2.05, 4.69) is 27.8 Å². The molecule has 0 unspecified atom stereocenters. The van der Waals surface area contributed by atoms with E-state index in [0.717, 1.165) is 45.4 Å². The third-order valence-corrected chi connectivity index (χ3v) is 5.44. The van der Waals surface area contributed by atoms with Gasteiger partial charge in [-0.1, -0.05) is 19.3 Å². The van der Waals surface area contributed by atoms with E-state index >= 15 is 0 Å². The van der Waals surface area contributed by atoms with Crippen molar-refractivity contribution in [2.24, 2.45) is 4.99 Å². The van der Waals surface area contributed by atoms with Crippen LogP contribution >= 0.6 is 0 Å². The van der Waals surface area contributed by atoms with Crippen LogP contribution in [0.2, 0.25) is 0 Å². The van der Waals surface area contributed by atoms with Gasteiger partial charge in [0.2, 0.25) is 5.91 Å². The van der Waals surface area contributed by atoms with Crippen LogP contribution in [-0.4, -0.2) is 74.3 Å². The monoisotopic (exact) mass is 381 g/mol. The highest BCUT2D eigenvalue weighted by atomic mass is 16.5. The Bertz CT molecular complexity index is 469. The van der Waals surface area contributed by atoms with Crippen molar-refractivity contribution >= 4 is 11.9 Å². The number of ether oxygens (including phenoxy) is 1. The Morgan fingerprint density at radius 1 is 1.15 bits per heavy atom. The van der Waals surface area contributed by atoms with E-state index in [1.54, 1.807) is 0 Å². The topological polar surface area (TPSA) is 78.0 Å². The van der Waals surface area contributed by atoms with E-state index in [1.165, 1.54) is 32.1 Å². The van der Waals surface area contributed by atoms with Crippen molar-refractivity contribution in [1.29, 1.82) is 0 Å². The zero-order chi connectivity index (χ0) is 19.5. The molecule has 0 radical (unpaired) electrons. The number of aliphatic imine (C=N–C) groups is 1. The van der Waals surface area contributed by atoms with E-state index in [1.807, 2.05) is 13.8 Å². The number of rotatable bonds is 8. The van der Waals surface area contributed by atoms with Gasteiger partial charge in [0.05, 0.1) is 19.8 Å². The summed E-state index contributed by atoms with van der Waals surface area (Å²) in [6.07, 6.45) is 6.79. The van der Waals surface area contributed by atoms with Gasteiger partial charge < -0.3 is 20.7 Å². The standard InChI is InChI=1S/C20H39N5O2/c1-4-21-19(22-11-8-18(26)24-17(2)3)23-16-20(9-6-5-7-10-20)25-12-14-27-15-13-25/h17H,4-16H2,1-3H3,(H,24,26)(H2,21,22,23). The van der Waals surface area contributed by atoms with Gasteiger partial charge in [0.15, 0.2) is 5.96 Å². The van der Waals surface area contributed by atoms with Crippen LogP contribution in [0.15, 0.2) is 4.99 Å². The highest BCUT2D eigenvalue weighted by Crippen LogP contribution is 2.34. The van der Waals surface area contributed by atoms with E-state index in [9.17, 15) is 4.79 Å². The molecule has 1 saturated carbocycles. The number of guanidine groups is 1. The zero-order valence-electron chi connectivity index (χ0n) is 17.5. The Hall–Kier alpha value is -1.34. The fourth-order valence-corrected chi connectivity index (χ4v) is 4.08. The van der Waals surface area contributed by atoms with Crippen molar-refractivity contribution in [3.63, 3.8) is 0 Å². The van der Waals surface area contributed by atoms with Gasteiger partial charge in [0.25, 0.3) is 0 Å². The van der Waals surface area contributed by atoms with Crippen LogP contribution in [0.4, 0.5) is 0 Å². The highest BCUT2D eigenvalue weighted by molar-refractivity contribution is 5.81. The van der Waals surface area contributed by atoms with Gasteiger partial charge in [0, 0.05) is 44.2 Å². The normalized spacial score (nSPS) is 21.1. The lowest BCUT2D eigenvalue weighted by Crippen LogP contribution is -2.56. The number of morpholine rings is 1. The molecular weight excluding hydrogens is 342 g/mol. The van der Waals surface area contributed by atoms with Gasteiger partial charge in [-0.15, -0.1) is 0 Å². The van der Waals surface area contributed by atoms with Gasteiger partial charge in [-0.2, -0.15) is 0 Å². The summed E-state index contributed by atoms with van der Waals surface area (Å²) in [7, 11) is 0. The second-order valence-corrected chi connectivity index (χ2v) is 7.98. The minimum absolute atomic E-state index is 0.0745. The number of nitrogens with zero attached hydrogens (tertiary/aromatic N) is 2. The molecule has 2 aliphatic rings. The van der Waals surface area contributed by atoms with Gasteiger partial charge in [-0.25, -0.2) is 0 Å². The Morgan fingerprint density at radius 2 is 1.85 bits per heavy atom. The quantitative estimate of drug-likeness (QED) is 0.439. The summed E-state index contributed by atoms with van der Waals surface area (Å²) in [5, 5.41) is 9.56. The fraction of sp³-hybridized carbons (Fsp3) is 0.900. The molecule has 1 heterocycles. The first-order chi connectivity index (χ1) is 13.1. The molecule has 156 valence electrons. The maximum atomic E-state index is 11.8. The summed E-state index contributed by atoms with van der Waals surface area (Å²) in [6, 6.07) is 0.180. The van der Waals surface area contributed by atoms with E-state index in [4.69, 9.17) is 9.73 Å². The maximum absolute atomic E-state index is 11.8. The van der Waals surface area contributed by atoms with Crippen molar-refractivity contribution in [2.45, 2.75) is 70.9 Å². The van der Waals surface area contributed by atoms with Crippen molar-refractivity contribution in [2.75, 3.05) is 45.9 Å². The maximum Gasteiger partial charge on any atom is 0.221 e. The number of amides is 1. The summed E-state index contributed by atoms with van der Waals surface area (Å²) in [4.78, 5) is 19.4. The third kappa shape index (κ3) is 7.30. The number of hydrogen-bond acceptors (Lipinski definition) is 4. The van der Waals surface area contributed by atoms with E-state index in [0.29, 0.717) is 13.0 Å². The molecule has 2 rings (SSSR count). The Labute approximate surface area is 164 Å². The van der Waals surface area contributed by atoms with Crippen molar-refractivity contribution in [1.82, 2.24) is 20.9 Å². The van der Waals surface area contributed by atoms with Gasteiger partial charge >= 0.3 is 0 Å². The molecule has 1 aliphatic heterocycles. The lowest BCUT2D eigenvalue weighted by Gasteiger charge is -2.47. The molecular formula is C20H39N5O2. The second-order valence-electron chi connectivity index (χ2n) is 7.98. The van der Waals surface area contributed by atoms with Gasteiger partial charge in [0.1, 0.15) is 0 Å². The van der Waals surface area contributed by atoms with Crippen LogP contribution in [0.25, 0.3) is 0 Å². The molecule has 1 aliphatic carbocycles. The zero-order valence-corrected chi connectivity index (χ0v) is 17.5. The number of carbonyl (C=O) groups excluding carboxylic acids is 1. The molecule has 0 aromatic rings. The lowest BCUT2D eigenvalue weighted by atomic mass is 9.80. The highest BCUT2D eigenvalue weighted by Gasteiger charge is 2.38. The van der Waals surface area contributed by atoms with Crippen LogP contribution in [0.3, 0.4) is 0 Å². The summed E-state index contributed by atoms with van der Waals surface area (Å²) < 4.78 is 5.56. The fourth-order valence-electron chi connectivity index (χ4n) is 4.08. The molecule has 0 aromatic heterocycles. The van der Waals surface area contributed by atoms with Crippen molar-refractivity contribution < 1.29 is 9.53 Å². The van der Waals surface area contributed by atoms with Crippen LogP contribution < -0.4 is 16.0 Å². The van der Waals surface area contributed by atoms with E-state index < -0.39 is 0 Å². The predicted octanol–water partition coefficient (Wildman–Crippen LogP) is 1.49. The molecule has 1 amide bonds. The number of hydrogen-bond donors (Lipinski definition) is 3. The van der Waals surface area contributed by atoms with Crippen LogP contribution in [0, 0.1) is 0 Å². The molecule has 7 heteroatoms. The van der Waals surface area contributed by atoms with Gasteiger partial charge in [-0.3, -0.25) is 14.7 Å². The SMILES string of the molecule is CCNC(=NCC1(N2CCOCC2)CCCCC1)NCCC(=O)NC(C)C. The number of carbonyl (C=O) groups is 1. The molecule has 7 nitrogen and oxygen atoms in total. The minimum Gasteiger partial charge on any atom is -0.379 e. The Kier molecular flexibility index (Phi) is 9.34. The summed E-state index contributed by atoms with van der Waals surface area (Å²) in [6.45, 7) is 11.9. The summed E-state index contributed by atoms with van der Waals surface area (Å²) in [5.41, 5.74) is 0.166. The second kappa shape index (κ2) is 11.5. The van der Waals surface area contributed by atoms with Gasteiger partial charge in [-0.05, 0) is 33.6 Å².